The Morgan fingerprint density at radius 1 is 1.77 bits per heavy atom. The summed E-state index contributed by atoms with van der Waals surface area (Å²) >= 11 is 0. The maximum absolute atomic E-state index is 10.4. The molecule has 0 aliphatic carbocycles. The molecule has 2 N–H and O–H groups in total. The Labute approximate surface area is 71.3 Å². The van der Waals surface area contributed by atoms with E-state index in [-0.39, 0.29) is 5.88 Å². The molecule has 8 nitrogen and oxygen atoms in total. The maximum Gasteiger partial charge on any atom is 0.364 e. The van der Waals surface area contributed by atoms with Crippen LogP contribution in [0.25, 0.3) is 0 Å². The minimum absolute atomic E-state index is 0.345. The van der Waals surface area contributed by atoms with Crippen LogP contribution in [-0.2, 0) is 0 Å². The summed E-state index contributed by atoms with van der Waals surface area (Å²) in [4.78, 5) is 19.9. The van der Waals surface area contributed by atoms with Crippen molar-refractivity contribution >= 4 is 11.7 Å². The van der Waals surface area contributed by atoms with Gasteiger partial charge in [-0.1, -0.05) is 0 Å². The van der Waals surface area contributed by atoms with Gasteiger partial charge in [0.2, 0.25) is 5.69 Å². The van der Waals surface area contributed by atoms with Gasteiger partial charge in [-0.25, -0.2) is 4.79 Å². The first kappa shape index (κ1) is 8.97. The van der Waals surface area contributed by atoms with E-state index in [4.69, 9.17) is 5.11 Å². The fourth-order valence-corrected chi connectivity index (χ4v) is 0.780. The van der Waals surface area contributed by atoms with E-state index < -0.39 is 22.3 Å². The number of carboxylic acid groups (broad SMARTS) is 1. The summed E-state index contributed by atoms with van der Waals surface area (Å²) in [7, 11) is 1.16. The van der Waals surface area contributed by atoms with Gasteiger partial charge >= 0.3 is 17.5 Å². The number of aromatic nitrogens is 2. The average Bonchev–Trinajstić information content (AvgIpc) is 2.46. The molecule has 1 rings (SSSR count). The number of hydrogen-bond donors (Lipinski definition) is 2. The molecule has 0 saturated carbocycles. The first-order chi connectivity index (χ1) is 6.07. The maximum atomic E-state index is 10.4. The molecule has 0 unspecified atom stereocenters. The normalized spacial score (nSPS) is 9.62. The Balaban J connectivity index is 3.30. The van der Waals surface area contributed by atoms with Gasteiger partial charge in [-0.3, -0.25) is 15.2 Å². The van der Waals surface area contributed by atoms with Crippen molar-refractivity contribution in [2.45, 2.75) is 0 Å². The Hall–Kier alpha value is -2.12. The minimum atomic E-state index is -1.46. The quantitative estimate of drug-likeness (QED) is 0.508. The molecule has 0 aliphatic heterocycles. The summed E-state index contributed by atoms with van der Waals surface area (Å²) in [6, 6.07) is 0. The minimum Gasteiger partial charge on any atom is -0.476 e. The van der Waals surface area contributed by atoms with E-state index in [9.17, 15) is 14.9 Å². The van der Waals surface area contributed by atoms with E-state index in [1.807, 2.05) is 5.10 Å². The molecular formula is C5H5N3O5. The van der Waals surface area contributed by atoms with Crippen LogP contribution >= 0.6 is 0 Å². The third-order valence-corrected chi connectivity index (χ3v) is 1.30. The Morgan fingerprint density at radius 2 is 2.38 bits per heavy atom. The Morgan fingerprint density at radius 3 is 2.77 bits per heavy atom. The topological polar surface area (TPSA) is 118 Å². The summed E-state index contributed by atoms with van der Waals surface area (Å²) in [6.07, 6.45) is 0. The van der Waals surface area contributed by atoms with Gasteiger partial charge in [0.15, 0.2) is 0 Å². The molecule has 0 spiro atoms. The molecule has 0 fully saturated rings. The van der Waals surface area contributed by atoms with Crippen molar-refractivity contribution < 1.29 is 19.6 Å². The van der Waals surface area contributed by atoms with Crippen LogP contribution in [0.15, 0.2) is 0 Å². The second kappa shape index (κ2) is 3.09. The van der Waals surface area contributed by atoms with Crippen molar-refractivity contribution in [3.05, 3.63) is 15.8 Å². The highest BCUT2D eigenvalue weighted by atomic mass is 16.6. The predicted octanol–water partition coefficient (Wildman–Crippen LogP) is 0.0247. The lowest BCUT2D eigenvalue weighted by Gasteiger charge is -1.91. The van der Waals surface area contributed by atoms with Crippen molar-refractivity contribution in [2.75, 3.05) is 7.11 Å². The summed E-state index contributed by atoms with van der Waals surface area (Å²) in [5, 5.41) is 24.2. The number of aromatic carboxylic acids is 1. The van der Waals surface area contributed by atoms with Crippen molar-refractivity contribution in [1.82, 2.24) is 10.2 Å². The summed E-state index contributed by atoms with van der Waals surface area (Å²) < 4.78 is 4.49. The van der Waals surface area contributed by atoms with Crippen molar-refractivity contribution in [3.63, 3.8) is 0 Å². The highest BCUT2D eigenvalue weighted by Gasteiger charge is 2.29. The number of H-pyrrole nitrogens is 1. The van der Waals surface area contributed by atoms with E-state index in [0.29, 0.717) is 0 Å². The van der Waals surface area contributed by atoms with E-state index >= 15 is 0 Å². The molecule has 1 aromatic rings. The van der Waals surface area contributed by atoms with Gasteiger partial charge in [-0.15, -0.1) is 5.10 Å². The van der Waals surface area contributed by atoms with Gasteiger partial charge < -0.3 is 9.84 Å². The van der Waals surface area contributed by atoms with Gasteiger partial charge in [0.05, 0.1) is 12.0 Å². The van der Waals surface area contributed by atoms with Crippen LogP contribution in [-0.4, -0.2) is 33.3 Å². The first-order valence-corrected chi connectivity index (χ1v) is 3.08. The van der Waals surface area contributed by atoms with E-state index in [1.54, 1.807) is 0 Å². The SMILES string of the molecule is COc1n[nH]c(C(=O)O)c1[N+](=O)[O-]. The first-order valence-electron chi connectivity index (χ1n) is 3.08. The number of aromatic amines is 1. The van der Waals surface area contributed by atoms with Crippen LogP contribution in [0.4, 0.5) is 5.69 Å². The molecule has 70 valence electrons. The second-order valence-electron chi connectivity index (χ2n) is 2.02. The van der Waals surface area contributed by atoms with Crippen molar-refractivity contribution in [2.24, 2.45) is 0 Å². The third kappa shape index (κ3) is 1.41. The number of ether oxygens (including phenoxy) is 1. The van der Waals surface area contributed by atoms with E-state index in [2.05, 4.69) is 9.84 Å². The molecule has 0 radical (unpaired) electrons. The largest absolute Gasteiger partial charge is 0.476 e. The number of nitrogens with one attached hydrogen (secondary N) is 1. The zero-order valence-corrected chi connectivity index (χ0v) is 6.47. The van der Waals surface area contributed by atoms with Crippen LogP contribution in [0.3, 0.4) is 0 Å². The predicted molar refractivity (Wildman–Crippen MR) is 38.8 cm³/mol. The van der Waals surface area contributed by atoms with Gasteiger partial charge in [-0.05, 0) is 0 Å². The molecule has 0 aliphatic rings. The number of nitro groups is 1. The summed E-state index contributed by atoms with van der Waals surface area (Å²) in [6.45, 7) is 0. The lowest BCUT2D eigenvalue weighted by molar-refractivity contribution is -0.386. The van der Waals surface area contributed by atoms with Crippen molar-refractivity contribution in [1.29, 1.82) is 0 Å². The highest BCUT2D eigenvalue weighted by Crippen LogP contribution is 2.27. The number of methoxy groups -OCH3 is 1. The van der Waals surface area contributed by atoms with E-state index in [0.717, 1.165) is 7.11 Å². The Kier molecular flexibility index (Phi) is 2.13. The molecule has 0 aromatic carbocycles. The van der Waals surface area contributed by atoms with Gasteiger partial charge in [0.1, 0.15) is 0 Å². The molecule has 0 atom stereocenters. The molecular weight excluding hydrogens is 182 g/mol. The van der Waals surface area contributed by atoms with Gasteiger partial charge in [-0.2, -0.15) is 0 Å². The van der Waals surface area contributed by atoms with Crippen molar-refractivity contribution in [3.8, 4) is 5.88 Å². The van der Waals surface area contributed by atoms with Crippen LogP contribution in [0.1, 0.15) is 10.5 Å². The van der Waals surface area contributed by atoms with Gasteiger partial charge in [0.25, 0.3) is 0 Å². The standard InChI is InChI=1S/C5H5N3O5/c1-13-4-3(8(11)12)2(5(9)10)6-7-4/h1H3,(H,6,7)(H,9,10). The number of hydrogen-bond acceptors (Lipinski definition) is 5. The van der Waals surface area contributed by atoms with Crippen LogP contribution in [0.5, 0.6) is 5.88 Å². The highest BCUT2D eigenvalue weighted by molar-refractivity contribution is 5.91. The molecule has 1 heterocycles. The summed E-state index contributed by atoms with van der Waals surface area (Å²) in [5.41, 5.74) is -1.27. The zero-order valence-electron chi connectivity index (χ0n) is 6.47. The number of carboxylic acids is 1. The fraction of sp³-hybridized carbons (Fsp3) is 0.200. The number of rotatable bonds is 3. The molecule has 13 heavy (non-hydrogen) atoms. The van der Waals surface area contributed by atoms with E-state index in [1.165, 1.54) is 0 Å². The third-order valence-electron chi connectivity index (χ3n) is 1.30. The number of carbonyl (C=O) groups is 1. The lowest BCUT2D eigenvalue weighted by atomic mass is 10.4. The molecule has 0 bridgehead atoms. The van der Waals surface area contributed by atoms with Crippen LogP contribution < -0.4 is 4.74 Å². The fourth-order valence-electron chi connectivity index (χ4n) is 0.780. The smallest absolute Gasteiger partial charge is 0.364 e. The molecule has 0 amide bonds. The van der Waals surface area contributed by atoms with Crippen LogP contribution in [0, 0.1) is 10.1 Å². The lowest BCUT2D eigenvalue weighted by Crippen LogP contribution is -2.01. The Bertz CT molecular complexity index is 357. The average molecular weight is 187 g/mol. The second-order valence-corrected chi connectivity index (χ2v) is 2.02. The van der Waals surface area contributed by atoms with Crippen LogP contribution in [0.2, 0.25) is 0 Å². The zero-order chi connectivity index (χ0) is 10.0. The number of nitrogens with zero attached hydrogens (tertiary/aromatic N) is 2. The molecule has 8 heteroatoms. The monoisotopic (exact) mass is 187 g/mol. The molecule has 0 saturated heterocycles. The molecule has 1 aromatic heterocycles. The summed E-state index contributed by atoms with van der Waals surface area (Å²) in [5.74, 6) is -1.80. The van der Waals surface area contributed by atoms with Gasteiger partial charge in [0, 0.05) is 0 Å².